The number of quaternary nitrogens is 1. The van der Waals surface area contributed by atoms with Crippen molar-refractivity contribution in [2.45, 2.75) is 109 Å². The quantitative estimate of drug-likeness (QED) is 0.0874. The lowest BCUT2D eigenvalue weighted by atomic mass is 10.0. The molecular formula is C24H54INO3Si. The molecule has 0 N–H and O–H groups in total. The summed E-state index contributed by atoms with van der Waals surface area (Å²) in [5.41, 5.74) is 0. The van der Waals surface area contributed by atoms with Crippen molar-refractivity contribution in [1.82, 2.24) is 0 Å². The van der Waals surface area contributed by atoms with Gasteiger partial charge in [0.1, 0.15) is 0 Å². The summed E-state index contributed by atoms with van der Waals surface area (Å²) in [4.78, 5) is 0. The van der Waals surface area contributed by atoms with Crippen molar-refractivity contribution in [2.24, 2.45) is 0 Å². The molecule has 0 amide bonds. The van der Waals surface area contributed by atoms with E-state index in [1.54, 1.807) is 21.3 Å². The lowest BCUT2D eigenvalue weighted by molar-refractivity contribution is -0.890. The smallest absolute Gasteiger partial charge is 0.500 e. The van der Waals surface area contributed by atoms with Crippen LogP contribution in [0.4, 0.5) is 0 Å². The fourth-order valence-electron chi connectivity index (χ4n) is 4.13. The van der Waals surface area contributed by atoms with E-state index in [0.717, 1.165) is 23.5 Å². The summed E-state index contributed by atoms with van der Waals surface area (Å²) in [5, 5.41) is 0. The number of hydrogen-bond acceptors (Lipinski definition) is 3. The molecule has 0 atom stereocenters. The molecule has 0 spiro atoms. The summed E-state index contributed by atoms with van der Waals surface area (Å²) in [7, 11) is 7.40. The zero-order chi connectivity index (χ0) is 21.8. The highest BCUT2D eigenvalue weighted by molar-refractivity contribution is 6.60. The Balaban J connectivity index is 0. The van der Waals surface area contributed by atoms with E-state index in [-0.39, 0.29) is 24.0 Å². The van der Waals surface area contributed by atoms with Crippen molar-refractivity contribution in [3.8, 4) is 0 Å². The minimum atomic E-state index is -2.40. The Bertz CT molecular complexity index is 347. The van der Waals surface area contributed by atoms with Crippen LogP contribution in [0.1, 0.15) is 103 Å². The Labute approximate surface area is 207 Å². The maximum Gasteiger partial charge on any atom is 0.500 e. The van der Waals surface area contributed by atoms with Crippen molar-refractivity contribution in [3.63, 3.8) is 0 Å². The minimum Gasteiger partial charge on any atom is -1.00 e. The molecule has 0 aromatic heterocycles. The molecule has 0 radical (unpaired) electrons. The first-order valence-corrected chi connectivity index (χ1v) is 14.4. The van der Waals surface area contributed by atoms with Gasteiger partial charge in [0.15, 0.2) is 0 Å². The highest BCUT2D eigenvalue weighted by Gasteiger charge is 2.37. The van der Waals surface area contributed by atoms with Crippen molar-refractivity contribution < 1.29 is 41.7 Å². The first-order valence-electron chi connectivity index (χ1n) is 12.4. The molecule has 184 valence electrons. The van der Waals surface area contributed by atoms with Crippen molar-refractivity contribution in [3.05, 3.63) is 0 Å². The van der Waals surface area contributed by atoms with Gasteiger partial charge < -0.3 is 41.7 Å². The molecular weight excluding hydrogens is 505 g/mol. The van der Waals surface area contributed by atoms with Crippen molar-refractivity contribution in [2.75, 3.05) is 48.5 Å². The third-order valence-electron chi connectivity index (χ3n) is 6.30. The Morgan fingerprint density at radius 1 is 0.533 bits per heavy atom. The molecule has 6 heteroatoms. The second-order valence-electron chi connectivity index (χ2n) is 9.38. The summed E-state index contributed by atoms with van der Waals surface area (Å²) < 4.78 is 17.7. The second kappa shape index (κ2) is 21.6. The summed E-state index contributed by atoms with van der Waals surface area (Å²) in [6, 6.07) is 0.900. The zero-order valence-electron chi connectivity index (χ0n) is 21.3. The van der Waals surface area contributed by atoms with E-state index in [2.05, 4.69) is 21.0 Å². The number of hydrogen-bond donors (Lipinski definition) is 0. The fraction of sp³-hybridized carbons (Fsp3) is 1.00. The molecule has 0 aromatic carbocycles. The fourth-order valence-corrected chi connectivity index (χ4v) is 5.83. The molecule has 0 unspecified atom stereocenters. The maximum atomic E-state index is 5.53. The predicted octanol–water partition coefficient (Wildman–Crippen LogP) is 3.82. The number of nitrogens with zero attached hydrogens (tertiary/aromatic N) is 1. The van der Waals surface area contributed by atoms with E-state index in [4.69, 9.17) is 13.3 Å². The van der Waals surface area contributed by atoms with Crippen molar-refractivity contribution >= 4 is 8.80 Å². The number of halogens is 1. The molecule has 0 bridgehead atoms. The highest BCUT2D eigenvalue weighted by atomic mass is 127. The van der Waals surface area contributed by atoms with Crippen LogP contribution < -0.4 is 24.0 Å². The molecule has 0 saturated carbocycles. The molecule has 4 nitrogen and oxygen atoms in total. The third kappa shape index (κ3) is 18.4. The normalized spacial score (nSPS) is 12.2. The van der Waals surface area contributed by atoms with Gasteiger partial charge in [-0.15, -0.1) is 0 Å². The molecule has 0 rings (SSSR count). The van der Waals surface area contributed by atoms with E-state index in [1.165, 1.54) is 96.4 Å². The number of unbranched alkanes of at least 4 members (excludes halogenated alkanes) is 13. The standard InChI is InChI=1S/C24H54NO3Si.HI/c1-7-8-9-10-11-12-13-14-15-16-17-18-19-20-22-25(2,3)23-21-24-29(26-4,27-5)28-6;/h7-24H2,1-6H3;1H/q+1;/p-1. The van der Waals surface area contributed by atoms with E-state index in [1.807, 2.05) is 0 Å². The molecule has 0 heterocycles. The molecule has 0 saturated heterocycles. The average molecular weight is 560 g/mol. The van der Waals surface area contributed by atoms with Gasteiger partial charge in [0, 0.05) is 33.8 Å². The van der Waals surface area contributed by atoms with E-state index < -0.39 is 8.80 Å². The van der Waals surface area contributed by atoms with Gasteiger partial charge in [0.05, 0.1) is 27.2 Å². The molecule has 0 aromatic rings. The van der Waals surface area contributed by atoms with Gasteiger partial charge in [-0.3, -0.25) is 0 Å². The second-order valence-corrected chi connectivity index (χ2v) is 12.5. The summed E-state index contributed by atoms with van der Waals surface area (Å²) in [6.07, 6.45) is 21.0. The van der Waals surface area contributed by atoms with Crippen LogP contribution in [0.2, 0.25) is 6.04 Å². The lowest BCUT2D eigenvalue weighted by Gasteiger charge is -2.31. The first kappa shape index (κ1) is 33.0. The molecule has 0 aliphatic carbocycles. The van der Waals surface area contributed by atoms with Gasteiger partial charge in [-0.05, 0) is 12.8 Å². The SMILES string of the molecule is CCCCCCCCCCCCCCCC[N+](C)(C)CCC[Si](OC)(OC)OC.[I-]. The van der Waals surface area contributed by atoms with Gasteiger partial charge in [-0.2, -0.15) is 0 Å². The van der Waals surface area contributed by atoms with Crippen LogP contribution >= 0.6 is 0 Å². The van der Waals surface area contributed by atoms with Gasteiger partial charge in [-0.1, -0.05) is 84.0 Å². The maximum absolute atomic E-state index is 5.53. The van der Waals surface area contributed by atoms with E-state index in [9.17, 15) is 0 Å². The van der Waals surface area contributed by atoms with Crippen LogP contribution in [0.15, 0.2) is 0 Å². The van der Waals surface area contributed by atoms with Crippen LogP contribution in [0.25, 0.3) is 0 Å². The minimum absolute atomic E-state index is 0. The highest BCUT2D eigenvalue weighted by Crippen LogP contribution is 2.17. The Hall–Kier alpha value is 0.787. The van der Waals surface area contributed by atoms with Crippen LogP contribution in [-0.2, 0) is 13.3 Å². The zero-order valence-corrected chi connectivity index (χ0v) is 24.4. The average Bonchev–Trinajstić information content (AvgIpc) is 2.71. The van der Waals surface area contributed by atoms with Gasteiger partial charge in [0.2, 0.25) is 0 Å². The Kier molecular flexibility index (Phi) is 23.8. The third-order valence-corrected chi connectivity index (χ3v) is 9.13. The largest absolute Gasteiger partial charge is 1.00 e. The summed E-state index contributed by atoms with van der Waals surface area (Å²) in [5.74, 6) is 0. The number of rotatable bonds is 22. The predicted molar refractivity (Wildman–Crippen MR) is 128 cm³/mol. The topological polar surface area (TPSA) is 27.7 Å². The lowest BCUT2D eigenvalue weighted by Crippen LogP contribution is -3.00. The van der Waals surface area contributed by atoms with Crippen LogP contribution in [0.5, 0.6) is 0 Å². The van der Waals surface area contributed by atoms with Gasteiger partial charge in [-0.25, -0.2) is 0 Å². The summed E-state index contributed by atoms with van der Waals surface area (Å²) >= 11 is 0. The van der Waals surface area contributed by atoms with Crippen molar-refractivity contribution in [1.29, 1.82) is 0 Å². The van der Waals surface area contributed by atoms with E-state index >= 15 is 0 Å². The molecule has 30 heavy (non-hydrogen) atoms. The molecule has 0 aliphatic rings. The van der Waals surface area contributed by atoms with E-state index in [0.29, 0.717) is 0 Å². The first-order chi connectivity index (χ1) is 13.9. The van der Waals surface area contributed by atoms with Crippen LogP contribution in [0, 0.1) is 0 Å². The monoisotopic (exact) mass is 559 g/mol. The molecule has 0 fully saturated rings. The Morgan fingerprint density at radius 3 is 1.23 bits per heavy atom. The molecule has 0 aliphatic heterocycles. The van der Waals surface area contributed by atoms with Crippen LogP contribution in [0.3, 0.4) is 0 Å². The Morgan fingerprint density at radius 2 is 0.867 bits per heavy atom. The van der Waals surface area contributed by atoms with Gasteiger partial charge >= 0.3 is 8.80 Å². The van der Waals surface area contributed by atoms with Crippen LogP contribution in [-0.4, -0.2) is 61.8 Å². The van der Waals surface area contributed by atoms with Gasteiger partial charge in [0.25, 0.3) is 0 Å². The summed E-state index contributed by atoms with van der Waals surface area (Å²) in [6.45, 7) is 4.71.